The zero-order chi connectivity index (χ0) is 14.4. The first-order valence-corrected chi connectivity index (χ1v) is 7.21. The standard InChI is InChI=1S/C16H15N3S/c1-16(14(10-17)11-18,15-8-5-9-20-15)19-12-13-6-3-2-4-7-13/h2-9,14,19H,12H2,1H3. The van der Waals surface area contributed by atoms with Gasteiger partial charge in [-0.25, -0.2) is 0 Å². The van der Waals surface area contributed by atoms with Crippen molar-refractivity contribution in [2.45, 2.75) is 19.0 Å². The Morgan fingerprint density at radius 1 is 1.15 bits per heavy atom. The first-order chi connectivity index (χ1) is 9.70. The molecule has 3 nitrogen and oxygen atoms in total. The van der Waals surface area contributed by atoms with E-state index in [1.54, 1.807) is 11.3 Å². The molecule has 1 unspecified atom stereocenters. The van der Waals surface area contributed by atoms with Gasteiger partial charge in [-0.05, 0) is 23.9 Å². The highest BCUT2D eigenvalue weighted by atomic mass is 32.1. The average molecular weight is 281 g/mol. The Bertz CT molecular complexity index is 608. The van der Waals surface area contributed by atoms with Crippen LogP contribution >= 0.6 is 11.3 Å². The largest absolute Gasteiger partial charge is 0.301 e. The molecule has 0 spiro atoms. The first kappa shape index (κ1) is 14.3. The lowest BCUT2D eigenvalue weighted by Gasteiger charge is -2.31. The fourth-order valence-electron chi connectivity index (χ4n) is 2.07. The Hall–Kier alpha value is -2.14. The van der Waals surface area contributed by atoms with Gasteiger partial charge in [0.2, 0.25) is 0 Å². The molecule has 20 heavy (non-hydrogen) atoms. The Labute approximate surface area is 123 Å². The SMILES string of the molecule is CC(NCc1ccccc1)(c1cccs1)C(C#N)C#N. The van der Waals surface area contributed by atoms with Crippen LogP contribution in [0, 0.1) is 28.6 Å². The average Bonchev–Trinajstić information content (AvgIpc) is 3.02. The number of nitrogens with zero attached hydrogens (tertiary/aromatic N) is 2. The maximum absolute atomic E-state index is 9.25. The number of nitriles is 2. The van der Waals surface area contributed by atoms with Crippen LogP contribution in [0.15, 0.2) is 47.8 Å². The van der Waals surface area contributed by atoms with Crippen LogP contribution in [-0.2, 0) is 12.1 Å². The van der Waals surface area contributed by atoms with Crippen LogP contribution in [0.2, 0.25) is 0 Å². The summed E-state index contributed by atoms with van der Waals surface area (Å²) < 4.78 is 0. The lowest BCUT2D eigenvalue weighted by molar-refractivity contribution is 0.327. The Morgan fingerprint density at radius 2 is 1.85 bits per heavy atom. The lowest BCUT2D eigenvalue weighted by Crippen LogP contribution is -2.44. The maximum Gasteiger partial charge on any atom is 0.156 e. The minimum atomic E-state index is -0.732. The number of rotatable bonds is 5. The molecule has 0 amide bonds. The molecule has 0 aliphatic carbocycles. The molecule has 0 saturated heterocycles. The van der Waals surface area contributed by atoms with Gasteiger partial charge in [-0.2, -0.15) is 10.5 Å². The van der Waals surface area contributed by atoms with Crippen molar-refractivity contribution >= 4 is 11.3 Å². The Morgan fingerprint density at radius 3 is 2.40 bits per heavy atom. The van der Waals surface area contributed by atoms with Crippen molar-refractivity contribution in [1.29, 1.82) is 10.5 Å². The summed E-state index contributed by atoms with van der Waals surface area (Å²) in [5, 5.41) is 23.8. The molecule has 1 N–H and O–H groups in total. The Kier molecular flexibility index (Phi) is 4.53. The molecule has 1 aromatic heterocycles. The van der Waals surface area contributed by atoms with E-state index < -0.39 is 11.5 Å². The molecular formula is C16H15N3S. The fraction of sp³-hybridized carbons (Fsp3) is 0.250. The quantitative estimate of drug-likeness (QED) is 0.913. The molecule has 0 radical (unpaired) electrons. The highest BCUT2D eigenvalue weighted by Gasteiger charge is 2.37. The smallest absolute Gasteiger partial charge is 0.156 e. The van der Waals surface area contributed by atoms with Crippen molar-refractivity contribution in [2.24, 2.45) is 5.92 Å². The third-order valence-electron chi connectivity index (χ3n) is 3.37. The molecule has 0 bridgehead atoms. The van der Waals surface area contributed by atoms with Crippen molar-refractivity contribution < 1.29 is 0 Å². The summed E-state index contributed by atoms with van der Waals surface area (Å²) in [4.78, 5) is 1.00. The van der Waals surface area contributed by atoms with Crippen molar-refractivity contribution in [3.8, 4) is 12.1 Å². The van der Waals surface area contributed by atoms with Gasteiger partial charge in [-0.1, -0.05) is 36.4 Å². The summed E-state index contributed by atoms with van der Waals surface area (Å²) in [5.74, 6) is -0.732. The second kappa shape index (κ2) is 6.34. The summed E-state index contributed by atoms with van der Waals surface area (Å²) >= 11 is 1.56. The van der Waals surface area contributed by atoms with Gasteiger partial charge >= 0.3 is 0 Å². The minimum absolute atomic E-state index is 0.620. The van der Waals surface area contributed by atoms with E-state index in [0.29, 0.717) is 6.54 Å². The van der Waals surface area contributed by atoms with Gasteiger partial charge in [-0.15, -0.1) is 11.3 Å². The predicted octanol–water partition coefficient (Wildman–Crippen LogP) is 3.42. The van der Waals surface area contributed by atoms with Crippen LogP contribution in [0.5, 0.6) is 0 Å². The van der Waals surface area contributed by atoms with Gasteiger partial charge in [0, 0.05) is 11.4 Å². The van der Waals surface area contributed by atoms with Crippen LogP contribution in [0.25, 0.3) is 0 Å². The number of nitrogens with one attached hydrogen (secondary N) is 1. The molecule has 1 atom stereocenters. The summed E-state index contributed by atoms with van der Waals surface area (Å²) in [6.07, 6.45) is 0. The lowest BCUT2D eigenvalue weighted by atomic mass is 9.85. The van der Waals surface area contributed by atoms with E-state index in [1.165, 1.54) is 0 Å². The van der Waals surface area contributed by atoms with Gasteiger partial charge < -0.3 is 5.32 Å². The van der Waals surface area contributed by atoms with Gasteiger partial charge in [0.25, 0.3) is 0 Å². The third-order valence-corrected chi connectivity index (χ3v) is 4.48. The number of benzene rings is 1. The van der Waals surface area contributed by atoms with Gasteiger partial charge in [-0.3, -0.25) is 0 Å². The van der Waals surface area contributed by atoms with E-state index in [9.17, 15) is 10.5 Å². The molecule has 0 fully saturated rings. The summed E-state index contributed by atoms with van der Waals surface area (Å²) in [5.41, 5.74) is 0.470. The minimum Gasteiger partial charge on any atom is -0.301 e. The molecule has 100 valence electrons. The van der Waals surface area contributed by atoms with Crippen LogP contribution in [-0.4, -0.2) is 0 Å². The molecule has 0 aliphatic rings. The van der Waals surface area contributed by atoms with Crippen molar-refractivity contribution in [1.82, 2.24) is 5.32 Å². The van der Waals surface area contributed by atoms with E-state index in [-0.39, 0.29) is 0 Å². The van der Waals surface area contributed by atoms with Crippen LogP contribution in [0.3, 0.4) is 0 Å². The van der Waals surface area contributed by atoms with Crippen molar-refractivity contribution in [3.63, 3.8) is 0 Å². The molecule has 2 rings (SSSR count). The number of hydrogen-bond acceptors (Lipinski definition) is 4. The van der Waals surface area contributed by atoms with E-state index in [4.69, 9.17) is 0 Å². The van der Waals surface area contributed by atoms with Gasteiger partial charge in [0.1, 0.15) is 0 Å². The van der Waals surface area contributed by atoms with Crippen molar-refractivity contribution in [3.05, 3.63) is 58.3 Å². The topological polar surface area (TPSA) is 59.6 Å². The number of hydrogen-bond donors (Lipinski definition) is 1. The molecule has 2 aromatic rings. The molecule has 1 heterocycles. The zero-order valence-corrected chi connectivity index (χ0v) is 12.0. The van der Waals surface area contributed by atoms with Crippen LogP contribution < -0.4 is 5.32 Å². The van der Waals surface area contributed by atoms with E-state index in [2.05, 4.69) is 17.5 Å². The van der Waals surface area contributed by atoms with E-state index >= 15 is 0 Å². The van der Waals surface area contributed by atoms with Crippen LogP contribution in [0.4, 0.5) is 0 Å². The second-order valence-electron chi connectivity index (χ2n) is 4.71. The Balaban J connectivity index is 2.25. The summed E-state index contributed by atoms with van der Waals surface area (Å²) in [6, 6.07) is 18.1. The van der Waals surface area contributed by atoms with E-state index in [0.717, 1.165) is 10.4 Å². The zero-order valence-electron chi connectivity index (χ0n) is 11.2. The molecule has 0 aliphatic heterocycles. The van der Waals surface area contributed by atoms with E-state index in [1.807, 2.05) is 54.8 Å². The number of thiophene rings is 1. The van der Waals surface area contributed by atoms with Gasteiger partial charge in [0.05, 0.1) is 17.7 Å². The van der Waals surface area contributed by atoms with Crippen LogP contribution in [0.1, 0.15) is 17.4 Å². The summed E-state index contributed by atoms with van der Waals surface area (Å²) in [6.45, 7) is 2.54. The molecule has 0 saturated carbocycles. The maximum atomic E-state index is 9.25. The fourth-order valence-corrected chi connectivity index (χ4v) is 2.97. The molecule has 1 aromatic carbocycles. The summed E-state index contributed by atoms with van der Waals surface area (Å²) in [7, 11) is 0. The van der Waals surface area contributed by atoms with Gasteiger partial charge in [0.15, 0.2) is 5.92 Å². The monoisotopic (exact) mass is 281 g/mol. The first-order valence-electron chi connectivity index (χ1n) is 6.33. The van der Waals surface area contributed by atoms with Crippen molar-refractivity contribution in [2.75, 3.05) is 0 Å². The normalized spacial score (nSPS) is 13.4. The molecular weight excluding hydrogens is 266 g/mol. The molecule has 4 heteroatoms. The second-order valence-corrected chi connectivity index (χ2v) is 5.66. The third kappa shape index (κ3) is 2.88. The highest BCUT2D eigenvalue weighted by molar-refractivity contribution is 7.10. The predicted molar refractivity (Wildman–Crippen MR) is 79.7 cm³/mol. The highest BCUT2D eigenvalue weighted by Crippen LogP contribution is 2.32.